The van der Waals surface area contributed by atoms with Crippen molar-refractivity contribution < 1.29 is 14.3 Å². The number of rotatable bonds is 4. The van der Waals surface area contributed by atoms with E-state index in [-0.39, 0.29) is 29.8 Å². The fraction of sp³-hybridized carbons (Fsp3) is 0.500. The number of amides is 1. The molecule has 1 aliphatic rings. The Balaban J connectivity index is 2.30. The zero-order valence-corrected chi connectivity index (χ0v) is 12.3. The number of nitrogens with one attached hydrogen (secondary N) is 1. The number of hydrogen-bond donors (Lipinski definition) is 2. The van der Waals surface area contributed by atoms with Gasteiger partial charge in [-0.1, -0.05) is 0 Å². The fourth-order valence-electron chi connectivity index (χ4n) is 2.48. The van der Waals surface area contributed by atoms with E-state index < -0.39 is 5.97 Å². The van der Waals surface area contributed by atoms with E-state index in [4.69, 9.17) is 10.5 Å². The molecular formula is C14H20N4O3. The van der Waals surface area contributed by atoms with Crippen LogP contribution >= 0.6 is 0 Å². The second kappa shape index (κ2) is 6.43. The topological polar surface area (TPSA) is 97.5 Å². The summed E-state index contributed by atoms with van der Waals surface area (Å²) in [5, 5.41) is 2.65. The van der Waals surface area contributed by atoms with Gasteiger partial charge in [0.2, 0.25) is 5.91 Å². The van der Waals surface area contributed by atoms with Crippen molar-refractivity contribution in [2.24, 2.45) is 0 Å². The molecule has 1 atom stereocenters. The van der Waals surface area contributed by atoms with E-state index in [2.05, 4.69) is 10.3 Å². The van der Waals surface area contributed by atoms with Crippen LogP contribution in [-0.2, 0) is 9.53 Å². The highest BCUT2D eigenvalue weighted by Gasteiger charge is 2.31. The maximum atomic E-state index is 11.9. The fourth-order valence-corrected chi connectivity index (χ4v) is 2.48. The Morgan fingerprint density at radius 2 is 2.33 bits per heavy atom. The molecule has 0 saturated carbocycles. The van der Waals surface area contributed by atoms with Crippen LogP contribution in [0.4, 0.5) is 11.5 Å². The number of ether oxygens (including phenoxy) is 1. The van der Waals surface area contributed by atoms with Crippen LogP contribution in [0.25, 0.3) is 0 Å². The first-order valence-electron chi connectivity index (χ1n) is 6.99. The third-order valence-electron chi connectivity index (χ3n) is 3.51. The molecule has 7 heteroatoms. The molecule has 1 fully saturated rings. The third kappa shape index (κ3) is 3.07. The number of carbonyl (C=O) groups excluding carboxylic acids is 2. The average molecular weight is 292 g/mol. The number of nitrogens with two attached hydrogens (primary N) is 1. The Morgan fingerprint density at radius 3 is 3.00 bits per heavy atom. The normalized spacial score (nSPS) is 17.6. The summed E-state index contributed by atoms with van der Waals surface area (Å²) < 4.78 is 4.98. The highest BCUT2D eigenvalue weighted by Crippen LogP contribution is 2.26. The second-order valence-corrected chi connectivity index (χ2v) is 4.82. The van der Waals surface area contributed by atoms with Crippen LogP contribution in [-0.4, -0.2) is 43.1 Å². The predicted molar refractivity (Wildman–Crippen MR) is 79.0 cm³/mol. The summed E-state index contributed by atoms with van der Waals surface area (Å²) in [6.07, 6.45) is 3.10. The van der Waals surface area contributed by atoms with Crippen molar-refractivity contribution in [2.45, 2.75) is 25.8 Å². The van der Waals surface area contributed by atoms with Crippen LogP contribution in [0.15, 0.2) is 12.3 Å². The molecule has 21 heavy (non-hydrogen) atoms. The molecule has 0 bridgehead atoms. The average Bonchev–Trinajstić information content (AvgIpc) is 2.96. The summed E-state index contributed by atoms with van der Waals surface area (Å²) in [6, 6.07) is 1.33. The van der Waals surface area contributed by atoms with Gasteiger partial charge in [-0.25, -0.2) is 9.78 Å². The van der Waals surface area contributed by atoms with Crippen molar-refractivity contribution in [1.29, 1.82) is 0 Å². The number of nitrogens with zero attached hydrogens (tertiary/aromatic N) is 2. The molecule has 7 nitrogen and oxygen atoms in total. The molecule has 0 spiro atoms. The van der Waals surface area contributed by atoms with Gasteiger partial charge in [-0.3, -0.25) is 4.79 Å². The molecular weight excluding hydrogens is 272 g/mol. The smallest absolute Gasteiger partial charge is 0.340 e. The number of hydrogen-bond acceptors (Lipinski definition) is 6. The van der Waals surface area contributed by atoms with Gasteiger partial charge in [0, 0.05) is 13.6 Å². The summed E-state index contributed by atoms with van der Waals surface area (Å²) in [4.78, 5) is 29.9. The van der Waals surface area contributed by atoms with Gasteiger partial charge in [-0.05, 0) is 25.8 Å². The maximum Gasteiger partial charge on any atom is 0.340 e. The zero-order valence-electron chi connectivity index (χ0n) is 12.3. The number of aromatic nitrogens is 1. The molecule has 3 N–H and O–H groups in total. The summed E-state index contributed by atoms with van der Waals surface area (Å²) in [7, 11) is 1.61. The number of anilines is 2. The van der Waals surface area contributed by atoms with Crippen molar-refractivity contribution in [2.75, 3.05) is 30.8 Å². The minimum atomic E-state index is -0.477. The molecule has 1 aromatic heterocycles. The Bertz CT molecular complexity index is 547. The van der Waals surface area contributed by atoms with Gasteiger partial charge in [-0.15, -0.1) is 0 Å². The summed E-state index contributed by atoms with van der Waals surface area (Å²) in [6.45, 7) is 2.73. The van der Waals surface area contributed by atoms with Crippen molar-refractivity contribution in [3.63, 3.8) is 0 Å². The number of esters is 1. The molecule has 0 radical (unpaired) electrons. The van der Waals surface area contributed by atoms with E-state index in [0.717, 1.165) is 19.4 Å². The molecule has 1 amide bonds. The summed E-state index contributed by atoms with van der Waals surface area (Å²) in [5.41, 5.74) is 6.33. The summed E-state index contributed by atoms with van der Waals surface area (Å²) in [5.74, 6) is 0.0384. The number of nitrogen functional groups attached to an aromatic ring is 1. The third-order valence-corrected chi connectivity index (χ3v) is 3.51. The van der Waals surface area contributed by atoms with Crippen LogP contribution in [0.3, 0.4) is 0 Å². The SMILES string of the molecule is CCOC(=O)c1cc(N2CCCC2C(=O)NC)ncc1N. The van der Waals surface area contributed by atoms with E-state index in [0.29, 0.717) is 5.82 Å². The van der Waals surface area contributed by atoms with E-state index >= 15 is 0 Å². The first-order valence-corrected chi connectivity index (χ1v) is 6.99. The lowest BCUT2D eigenvalue weighted by Crippen LogP contribution is -2.42. The molecule has 2 heterocycles. The Labute approximate surface area is 123 Å². The Hall–Kier alpha value is -2.31. The summed E-state index contributed by atoms with van der Waals surface area (Å²) >= 11 is 0. The molecule has 1 unspecified atom stereocenters. The molecule has 0 aliphatic carbocycles. The Kier molecular flexibility index (Phi) is 4.62. The van der Waals surface area contributed by atoms with Gasteiger partial charge in [-0.2, -0.15) is 0 Å². The lowest BCUT2D eigenvalue weighted by atomic mass is 10.2. The van der Waals surface area contributed by atoms with Gasteiger partial charge in [0.25, 0.3) is 0 Å². The van der Waals surface area contributed by atoms with Gasteiger partial charge in [0.1, 0.15) is 11.9 Å². The maximum absolute atomic E-state index is 11.9. The van der Waals surface area contributed by atoms with E-state index in [9.17, 15) is 9.59 Å². The second-order valence-electron chi connectivity index (χ2n) is 4.82. The molecule has 114 valence electrons. The highest BCUT2D eigenvalue weighted by molar-refractivity contribution is 5.96. The van der Waals surface area contributed by atoms with Gasteiger partial charge >= 0.3 is 5.97 Å². The van der Waals surface area contributed by atoms with Crippen LogP contribution in [0.5, 0.6) is 0 Å². The van der Waals surface area contributed by atoms with Crippen LogP contribution in [0.1, 0.15) is 30.1 Å². The minimum absolute atomic E-state index is 0.0520. The highest BCUT2D eigenvalue weighted by atomic mass is 16.5. The number of carbonyl (C=O) groups is 2. The first-order chi connectivity index (χ1) is 10.1. The minimum Gasteiger partial charge on any atom is -0.462 e. The standard InChI is InChI=1S/C14H20N4O3/c1-3-21-14(20)9-7-12(17-8-10(9)15)18-6-4-5-11(18)13(19)16-2/h7-8,11H,3-6,15H2,1-2H3,(H,16,19). The number of likely N-dealkylation sites (N-methyl/N-ethyl adjacent to an activating group) is 1. The van der Waals surface area contributed by atoms with Gasteiger partial charge in [0.05, 0.1) is 24.1 Å². The molecule has 1 aliphatic heterocycles. The largest absolute Gasteiger partial charge is 0.462 e. The molecule has 2 rings (SSSR count). The monoisotopic (exact) mass is 292 g/mol. The van der Waals surface area contributed by atoms with E-state index in [1.54, 1.807) is 20.0 Å². The molecule has 0 aromatic carbocycles. The van der Waals surface area contributed by atoms with E-state index in [1.807, 2.05) is 4.90 Å². The van der Waals surface area contributed by atoms with Crippen molar-refractivity contribution in [1.82, 2.24) is 10.3 Å². The van der Waals surface area contributed by atoms with Crippen LogP contribution in [0, 0.1) is 0 Å². The van der Waals surface area contributed by atoms with Gasteiger partial charge in [0.15, 0.2) is 0 Å². The van der Waals surface area contributed by atoms with Crippen molar-refractivity contribution in [3.8, 4) is 0 Å². The quantitative estimate of drug-likeness (QED) is 0.787. The zero-order chi connectivity index (χ0) is 15.4. The lowest BCUT2D eigenvalue weighted by Gasteiger charge is -2.24. The van der Waals surface area contributed by atoms with Crippen LogP contribution < -0.4 is 16.0 Å². The molecule has 1 saturated heterocycles. The van der Waals surface area contributed by atoms with E-state index in [1.165, 1.54) is 6.20 Å². The number of pyridine rings is 1. The predicted octanol–water partition coefficient (Wildman–Crippen LogP) is 0.555. The molecule has 1 aromatic rings. The Morgan fingerprint density at radius 1 is 1.57 bits per heavy atom. The first kappa shape index (κ1) is 15.1. The lowest BCUT2D eigenvalue weighted by molar-refractivity contribution is -0.121. The van der Waals surface area contributed by atoms with Crippen molar-refractivity contribution in [3.05, 3.63) is 17.8 Å². The van der Waals surface area contributed by atoms with Gasteiger partial charge < -0.3 is 20.7 Å². The van der Waals surface area contributed by atoms with Crippen LogP contribution in [0.2, 0.25) is 0 Å². The van der Waals surface area contributed by atoms with Crippen molar-refractivity contribution >= 4 is 23.4 Å².